The Labute approximate surface area is 255 Å². The number of benzene rings is 1. The van der Waals surface area contributed by atoms with Crippen molar-refractivity contribution in [1.29, 1.82) is 0 Å². The molecule has 2 fully saturated rings. The van der Waals surface area contributed by atoms with Crippen LogP contribution >= 0.6 is 0 Å². The largest absolute Gasteiger partial charge is 0.493 e. The van der Waals surface area contributed by atoms with Gasteiger partial charge in [-0.1, -0.05) is 63.6 Å². The Bertz CT molecular complexity index is 1390. The summed E-state index contributed by atoms with van der Waals surface area (Å²) >= 11 is 0. The van der Waals surface area contributed by atoms with Crippen LogP contribution in [0.15, 0.2) is 65.9 Å². The maximum absolute atomic E-state index is 5.81. The van der Waals surface area contributed by atoms with Gasteiger partial charge in [0, 0.05) is 24.3 Å². The Balaban J connectivity index is 0.000000202. The summed E-state index contributed by atoms with van der Waals surface area (Å²) in [5, 5.41) is 3.36. The lowest BCUT2D eigenvalue weighted by Gasteiger charge is -2.33. The van der Waals surface area contributed by atoms with Crippen molar-refractivity contribution in [1.82, 2.24) is 20.3 Å². The van der Waals surface area contributed by atoms with Crippen LogP contribution in [0.2, 0.25) is 0 Å². The quantitative estimate of drug-likeness (QED) is 0.265. The molecule has 0 aliphatic heterocycles. The van der Waals surface area contributed by atoms with Crippen molar-refractivity contribution in [2.45, 2.75) is 106 Å². The van der Waals surface area contributed by atoms with Crippen LogP contribution in [-0.4, -0.2) is 34.1 Å². The number of ether oxygens (including phenoxy) is 1. The summed E-state index contributed by atoms with van der Waals surface area (Å²) in [7, 11) is 0. The van der Waals surface area contributed by atoms with Crippen LogP contribution in [0.4, 0.5) is 0 Å². The zero-order chi connectivity index (χ0) is 30.9. The highest BCUT2D eigenvalue weighted by Gasteiger charge is 2.26. The minimum absolute atomic E-state index is 0.494. The second-order valence-electron chi connectivity index (χ2n) is 13.0. The molecular weight excluding hydrogens is 516 g/mol. The second-order valence-corrected chi connectivity index (χ2v) is 13.0. The molecule has 0 atom stereocenters. The first-order valence-electron chi connectivity index (χ1n) is 15.7. The molecule has 2 aliphatic rings. The second kappa shape index (κ2) is 15.3. The van der Waals surface area contributed by atoms with Crippen molar-refractivity contribution in [3.63, 3.8) is 0 Å². The number of rotatable bonds is 8. The van der Waals surface area contributed by atoms with Gasteiger partial charge in [-0.3, -0.25) is 0 Å². The number of pyridine rings is 1. The predicted molar refractivity (Wildman–Crippen MR) is 180 cm³/mol. The lowest BCUT2D eigenvalue weighted by atomic mass is 9.72. The molecule has 0 spiro atoms. The molecule has 3 aromatic rings. The highest BCUT2D eigenvalue weighted by Crippen LogP contribution is 2.41. The van der Waals surface area contributed by atoms with Crippen LogP contribution in [0.1, 0.15) is 98.4 Å². The zero-order valence-electron chi connectivity index (χ0n) is 27.5. The van der Waals surface area contributed by atoms with Crippen LogP contribution < -0.4 is 10.1 Å². The number of aromatic nitrogens is 3. The van der Waals surface area contributed by atoms with Crippen molar-refractivity contribution >= 4 is 11.2 Å². The highest BCUT2D eigenvalue weighted by molar-refractivity contribution is 5.78. The third-order valence-corrected chi connectivity index (χ3v) is 7.75. The Morgan fingerprint density at radius 3 is 2.45 bits per heavy atom. The van der Waals surface area contributed by atoms with Gasteiger partial charge in [0.15, 0.2) is 5.65 Å². The molecule has 0 bridgehead atoms. The van der Waals surface area contributed by atoms with E-state index in [-0.39, 0.29) is 0 Å². The molecule has 2 saturated carbocycles. The smallest absolute Gasteiger partial charge is 0.177 e. The van der Waals surface area contributed by atoms with E-state index in [4.69, 9.17) is 4.74 Å². The molecule has 0 radical (unpaired) electrons. The summed E-state index contributed by atoms with van der Waals surface area (Å²) in [6, 6.07) is 9.27. The molecule has 0 amide bonds. The van der Waals surface area contributed by atoms with E-state index in [1.165, 1.54) is 60.0 Å². The summed E-state index contributed by atoms with van der Waals surface area (Å²) in [6.07, 6.45) is 10.3. The third-order valence-electron chi connectivity index (χ3n) is 7.75. The predicted octanol–water partition coefficient (Wildman–Crippen LogP) is 9.69. The number of imidazole rings is 1. The van der Waals surface area contributed by atoms with Gasteiger partial charge in [-0.2, -0.15) is 0 Å². The van der Waals surface area contributed by atoms with E-state index in [0.29, 0.717) is 5.41 Å². The van der Waals surface area contributed by atoms with Crippen molar-refractivity contribution in [2.24, 2.45) is 5.41 Å². The molecule has 0 saturated heterocycles. The lowest BCUT2D eigenvalue weighted by molar-refractivity contribution is 0.312. The molecular formula is C37H54N4O. The van der Waals surface area contributed by atoms with E-state index in [2.05, 4.69) is 106 Å². The van der Waals surface area contributed by atoms with E-state index in [0.717, 1.165) is 65.9 Å². The SMILES string of the molecule is C=C(C)CNC1CC1.C=C1CCC(C)(C)CC1=C(C)C.CCCOc1ccc(-c2cnc3nc(C)[nH]c3c2)cc1CC. The molecule has 42 heavy (non-hydrogen) atoms. The fraction of sp³-hybridized carbons (Fsp3) is 0.514. The number of hydrogen-bond acceptors (Lipinski definition) is 4. The van der Waals surface area contributed by atoms with Crippen molar-refractivity contribution in [3.8, 4) is 16.9 Å². The average Bonchev–Trinajstić information content (AvgIpc) is 3.71. The Hall–Kier alpha value is -3.18. The van der Waals surface area contributed by atoms with Crippen LogP contribution in [0, 0.1) is 12.3 Å². The molecule has 2 N–H and O–H groups in total. The van der Waals surface area contributed by atoms with Crippen molar-refractivity contribution < 1.29 is 4.74 Å². The van der Waals surface area contributed by atoms with Gasteiger partial charge < -0.3 is 15.0 Å². The number of nitrogens with one attached hydrogen (secondary N) is 2. The number of nitrogens with zero attached hydrogens (tertiary/aromatic N) is 2. The molecule has 2 heterocycles. The number of aromatic amines is 1. The fourth-order valence-electron chi connectivity index (χ4n) is 5.03. The number of aryl methyl sites for hydroxylation is 2. The Morgan fingerprint density at radius 2 is 1.86 bits per heavy atom. The van der Waals surface area contributed by atoms with Gasteiger partial charge >= 0.3 is 0 Å². The topological polar surface area (TPSA) is 62.8 Å². The van der Waals surface area contributed by atoms with E-state index in [1.807, 2.05) is 13.1 Å². The zero-order valence-corrected chi connectivity index (χ0v) is 27.5. The molecule has 0 unspecified atom stereocenters. The molecule has 2 aliphatic carbocycles. The van der Waals surface area contributed by atoms with Gasteiger partial charge in [0.2, 0.25) is 0 Å². The van der Waals surface area contributed by atoms with Crippen LogP contribution in [-0.2, 0) is 6.42 Å². The summed E-state index contributed by atoms with van der Waals surface area (Å²) in [5.74, 6) is 1.87. The molecule has 1 aromatic carbocycles. The first kappa shape index (κ1) is 33.3. The van der Waals surface area contributed by atoms with Crippen molar-refractivity contribution in [2.75, 3.05) is 13.2 Å². The van der Waals surface area contributed by atoms with E-state index >= 15 is 0 Å². The van der Waals surface area contributed by atoms with Crippen LogP contribution in [0.5, 0.6) is 5.75 Å². The summed E-state index contributed by atoms with van der Waals surface area (Å²) < 4.78 is 5.81. The average molecular weight is 571 g/mol. The van der Waals surface area contributed by atoms with E-state index in [9.17, 15) is 0 Å². The Morgan fingerprint density at radius 1 is 1.12 bits per heavy atom. The molecule has 5 heteroatoms. The molecule has 2 aromatic heterocycles. The first-order chi connectivity index (χ1) is 19.9. The van der Waals surface area contributed by atoms with Gasteiger partial charge in [0.05, 0.1) is 12.1 Å². The highest BCUT2D eigenvalue weighted by atomic mass is 16.5. The van der Waals surface area contributed by atoms with Crippen LogP contribution in [0.25, 0.3) is 22.3 Å². The normalized spacial score (nSPS) is 15.8. The van der Waals surface area contributed by atoms with E-state index in [1.54, 1.807) is 0 Å². The van der Waals surface area contributed by atoms with Crippen molar-refractivity contribution in [3.05, 3.63) is 77.3 Å². The summed E-state index contributed by atoms with van der Waals surface area (Å²) in [6.45, 7) is 27.0. The standard InChI is InChI=1S/C18H21N3O.C12H20.C7H13N/c1-4-8-22-17-7-6-14(9-13(17)5-2)15-10-16-18(19-11-15)21-12(3)20-16;1-9(2)11-8-12(4,5)7-6-10(11)3;1-6(2)5-8-7-3-4-7/h6-7,9-11H,4-5,8H2,1-3H3,(H,19,20,21);3,6-8H2,1-2,4-5H3;7-8H,1,3-5H2,2H3. The van der Waals surface area contributed by atoms with Crippen LogP contribution in [0.3, 0.4) is 0 Å². The van der Waals surface area contributed by atoms with E-state index < -0.39 is 0 Å². The number of fused-ring (bicyclic) bond motifs is 1. The van der Waals surface area contributed by atoms with Gasteiger partial charge in [-0.25, -0.2) is 9.97 Å². The molecule has 5 nitrogen and oxygen atoms in total. The monoisotopic (exact) mass is 570 g/mol. The minimum atomic E-state index is 0.494. The fourth-order valence-corrected chi connectivity index (χ4v) is 5.03. The van der Waals surface area contributed by atoms with Gasteiger partial charge in [0.1, 0.15) is 11.6 Å². The maximum Gasteiger partial charge on any atom is 0.177 e. The number of allylic oxidation sites excluding steroid dienone is 3. The summed E-state index contributed by atoms with van der Waals surface area (Å²) in [4.78, 5) is 12.0. The number of hydrogen-bond donors (Lipinski definition) is 2. The maximum atomic E-state index is 5.81. The molecule has 5 rings (SSSR count). The third kappa shape index (κ3) is 10.3. The lowest BCUT2D eigenvalue weighted by Crippen LogP contribution is -2.19. The van der Waals surface area contributed by atoms with Gasteiger partial charge in [0.25, 0.3) is 0 Å². The number of H-pyrrole nitrogens is 1. The minimum Gasteiger partial charge on any atom is -0.493 e. The van der Waals surface area contributed by atoms with Gasteiger partial charge in [-0.05, 0) is 113 Å². The Kier molecular flexibility index (Phi) is 12.2. The van der Waals surface area contributed by atoms with Gasteiger partial charge in [-0.15, -0.1) is 0 Å². The summed E-state index contributed by atoms with van der Waals surface area (Å²) in [5.41, 5.74) is 11.3. The molecule has 228 valence electrons. The first-order valence-corrected chi connectivity index (χ1v) is 15.7.